The molecule has 3 rings (SSSR count). The van der Waals surface area contributed by atoms with Crippen molar-refractivity contribution in [2.75, 3.05) is 39.5 Å². The Balaban J connectivity index is 1.54. The summed E-state index contributed by atoms with van der Waals surface area (Å²) in [4.78, 5) is 16.9. The van der Waals surface area contributed by atoms with Gasteiger partial charge in [0.2, 0.25) is 5.91 Å². The van der Waals surface area contributed by atoms with Crippen LogP contribution in [-0.2, 0) is 16.1 Å². The lowest BCUT2D eigenvalue weighted by atomic mass is 10.1. The normalized spacial score (nSPS) is 20.0. The van der Waals surface area contributed by atoms with E-state index in [0.717, 1.165) is 44.0 Å². The number of ether oxygens (including phenoxy) is 2. The Morgan fingerprint density at radius 3 is 2.83 bits per heavy atom. The lowest BCUT2D eigenvalue weighted by Crippen LogP contribution is -2.42. The summed E-state index contributed by atoms with van der Waals surface area (Å²) in [5.41, 5.74) is 0.981. The molecule has 0 radical (unpaired) electrons. The van der Waals surface area contributed by atoms with Gasteiger partial charge in [-0.3, -0.25) is 9.69 Å². The molecule has 0 aromatic heterocycles. The van der Waals surface area contributed by atoms with Gasteiger partial charge in [-0.2, -0.15) is 0 Å². The van der Waals surface area contributed by atoms with Crippen LogP contribution in [-0.4, -0.2) is 61.2 Å². The highest BCUT2D eigenvalue weighted by Crippen LogP contribution is 2.26. The minimum atomic E-state index is 0.187. The van der Waals surface area contributed by atoms with Crippen LogP contribution in [0.25, 0.3) is 0 Å². The first-order valence-corrected chi connectivity index (χ1v) is 9.02. The molecule has 1 aromatic rings. The Morgan fingerprint density at radius 1 is 1.25 bits per heavy atom. The topological polar surface area (TPSA) is 42.0 Å². The van der Waals surface area contributed by atoms with E-state index < -0.39 is 0 Å². The number of fused-ring (bicyclic) bond motifs is 1. The number of hydrogen-bond acceptors (Lipinski definition) is 4. The molecule has 2 aliphatic rings. The van der Waals surface area contributed by atoms with Crippen LogP contribution in [0.2, 0.25) is 5.02 Å². The Labute approximate surface area is 148 Å². The molecule has 0 aliphatic carbocycles. The van der Waals surface area contributed by atoms with E-state index in [-0.39, 0.29) is 5.91 Å². The second-order valence-corrected chi connectivity index (χ2v) is 6.89. The van der Waals surface area contributed by atoms with Gasteiger partial charge in [-0.15, -0.1) is 0 Å². The summed E-state index contributed by atoms with van der Waals surface area (Å²) in [5, 5.41) is 0.674. The van der Waals surface area contributed by atoms with Crippen molar-refractivity contribution in [3.8, 4) is 5.75 Å². The predicted molar refractivity (Wildman–Crippen MR) is 93.5 cm³/mol. The molecule has 5 nitrogen and oxygen atoms in total. The van der Waals surface area contributed by atoms with E-state index in [1.807, 2.05) is 23.1 Å². The van der Waals surface area contributed by atoms with Crippen molar-refractivity contribution in [2.45, 2.75) is 32.4 Å². The highest BCUT2D eigenvalue weighted by molar-refractivity contribution is 6.30. The Bertz CT molecular complexity index is 575. The summed E-state index contributed by atoms with van der Waals surface area (Å²) >= 11 is 6.07. The molecule has 0 N–H and O–H groups in total. The zero-order valence-corrected chi connectivity index (χ0v) is 14.9. The van der Waals surface area contributed by atoms with E-state index in [1.54, 1.807) is 0 Å². The molecule has 0 spiro atoms. The third-order valence-electron chi connectivity index (χ3n) is 4.80. The highest BCUT2D eigenvalue weighted by atomic mass is 35.5. The SMILES string of the molecule is C[C@@H](CCC(=O)N1CCOc2ccc(Cl)cc2C1)N1CCOCC1. The van der Waals surface area contributed by atoms with Gasteiger partial charge in [0, 0.05) is 42.7 Å². The first-order valence-electron chi connectivity index (χ1n) is 8.64. The van der Waals surface area contributed by atoms with Crippen LogP contribution >= 0.6 is 11.6 Å². The van der Waals surface area contributed by atoms with Crippen molar-refractivity contribution in [3.63, 3.8) is 0 Å². The van der Waals surface area contributed by atoms with E-state index >= 15 is 0 Å². The van der Waals surface area contributed by atoms with Crippen molar-refractivity contribution < 1.29 is 14.3 Å². The molecule has 6 heteroatoms. The zero-order chi connectivity index (χ0) is 16.9. The van der Waals surface area contributed by atoms with Gasteiger partial charge in [-0.1, -0.05) is 11.6 Å². The number of morpholine rings is 1. The maximum atomic E-state index is 12.6. The van der Waals surface area contributed by atoms with Gasteiger partial charge in [-0.25, -0.2) is 0 Å². The van der Waals surface area contributed by atoms with E-state index in [9.17, 15) is 4.79 Å². The Morgan fingerprint density at radius 2 is 2.04 bits per heavy atom. The van der Waals surface area contributed by atoms with Crippen molar-refractivity contribution >= 4 is 17.5 Å². The molecule has 1 saturated heterocycles. The molecule has 0 unspecified atom stereocenters. The molecule has 0 bridgehead atoms. The van der Waals surface area contributed by atoms with Crippen LogP contribution in [0.3, 0.4) is 0 Å². The smallest absolute Gasteiger partial charge is 0.223 e. The van der Waals surface area contributed by atoms with Crippen LogP contribution in [0.1, 0.15) is 25.3 Å². The minimum Gasteiger partial charge on any atom is -0.491 e. The third-order valence-corrected chi connectivity index (χ3v) is 5.04. The third kappa shape index (κ3) is 4.41. The summed E-state index contributed by atoms with van der Waals surface area (Å²) in [5.74, 6) is 1.02. The average molecular weight is 353 g/mol. The van der Waals surface area contributed by atoms with Crippen molar-refractivity contribution in [1.82, 2.24) is 9.80 Å². The second-order valence-electron chi connectivity index (χ2n) is 6.45. The first-order chi connectivity index (χ1) is 11.6. The molecule has 2 aliphatic heterocycles. The number of carbonyl (C=O) groups excluding carboxylic acids is 1. The van der Waals surface area contributed by atoms with Crippen molar-refractivity contribution in [3.05, 3.63) is 28.8 Å². The predicted octanol–water partition coefficient (Wildman–Crippen LogP) is 2.56. The summed E-state index contributed by atoms with van der Waals surface area (Å²) < 4.78 is 11.1. The fourth-order valence-corrected chi connectivity index (χ4v) is 3.46. The maximum Gasteiger partial charge on any atom is 0.223 e. The van der Waals surface area contributed by atoms with Gasteiger partial charge in [0.05, 0.1) is 19.8 Å². The molecule has 24 heavy (non-hydrogen) atoms. The van der Waals surface area contributed by atoms with Gasteiger partial charge in [0.1, 0.15) is 12.4 Å². The quantitative estimate of drug-likeness (QED) is 0.835. The van der Waals surface area contributed by atoms with E-state index in [1.165, 1.54) is 0 Å². The van der Waals surface area contributed by atoms with Gasteiger partial charge in [0.25, 0.3) is 0 Å². The van der Waals surface area contributed by atoms with E-state index in [0.29, 0.717) is 37.2 Å². The molecule has 1 amide bonds. The molecule has 1 fully saturated rings. The number of benzene rings is 1. The Hall–Kier alpha value is -1.30. The molecule has 1 aromatic carbocycles. The number of carbonyl (C=O) groups is 1. The van der Waals surface area contributed by atoms with E-state index in [4.69, 9.17) is 21.1 Å². The number of halogens is 1. The lowest BCUT2D eigenvalue weighted by molar-refractivity contribution is -0.132. The van der Waals surface area contributed by atoms with Crippen LogP contribution in [0.15, 0.2) is 18.2 Å². The fourth-order valence-electron chi connectivity index (χ4n) is 3.27. The second kappa shape index (κ2) is 8.19. The zero-order valence-electron chi connectivity index (χ0n) is 14.2. The Kier molecular flexibility index (Phi) is 5.98. The largest absolute Gasteiger partial charge is 0.491 e. The van der Waals surface area contributed by atoms with E-state index in [2.05, 4.69) is 11.8 Å². The molecule has 2 heterocycles. The number of hydrogen-bond donors (Lipinski definition) is 0. The van der Waals surface area contributed by atoms with Crippen LogP contribution in [0.4, 0.5) is 0 Å². The average Bonchev–Trinajstić information content (AvgIpc) is 2.82. The van der Waals surface area contributed by atoms with Crippen LogP contribution in [0.5, 0.6) is 5.75 Å². The van der Waals surface area contributed by atoms with Gasteiger partial charge in [-0.05, 0) is 31.5 Å². The summed E-state index contributed by atoms with van der Waals surface area (Å²) in [6, 6.07) is 6.00. The molecule has 0 saturated carbocycles. The van der Waals surface area contributed by atoms with Crippen LogP contribution < -0.4 is 4.74 Å². The number of amides is 1. The minimum absolute atomic E-state index is 0.187. The monoisotopic (exact) mass is 352 g/mol. The summed E-state index contributed by atoms with van der Waals surface area (Å²) in [6.45, 7) is 7.41. The molecule has 132 valence electrons. The molecular weight excluding hydrogens is 328 g/mol. The summed E-state index contributed by atoms with van der Waals surface area (Å²) in [7, 11) is 0. The van der Waals surface area contributed by atoms with Gasteiger partial charge >= 0.3 is 0 Å². The first kappa shape index (κ1) is 17.5. The fraction of sp³-hybridized carbons (Fsp3) is 0.611. The lowest BCUT2D eigenvalue weighted by Gasteiger charge is -2.32. The van der Waals surface area contributed by atoms with Gasteiger partial charge in [0.15, 0.2) is 0 Å². The highest BCUT2D eigenvalue weighted by Gasteiger charge is 2.22. The molecule has 1 atom stereocenters. The number of nitrogens with zero attached hydrogens (tertiary/aromatic N) is 2. The number of rotatable bonds is 4. The van der Waals surface area contributed by atoms with Crippen molar-refractivity contribution in [2.24, 2.45) is 0 Å². The molecular formula is C18H25ClN2O3. The van der Waals surface area contributed by atoms with Crippen molar-refractivity contribution in [1.29, 1.82) is 0 Å². The maximum absolute atomic E-state index is 12.6. The van der Waals surface area contributed by atoms with Crippen LogP contribution in [0, 0.1) is 0 Å². The summed E-state index contributed by atoms with van der Waals surface area (Å²) in [6.07, 6.45) is 1.44. The van der Waals surface area contributed by atoms with Gasteiger partial charge < -0.3 is 14.4 Å². The standard InChI is InChI=1S/C18H25ClN2O3/c1-14(20-6-9-23-10-7-20)2-5-18(22)21-8-11-24-17-4-3-16(19)12-15(17)13-21/h3-4,12,14H,2,5-11,13H2,1H3/t14-/m0/s1.